The van der Waals surface area contributed by atoms with Gasteiger partial charge in [0, 0.05) is 31.7 Å². The Balaban J connectivity index is 1.67. The molecule has 0 aromatic rings. The van der Waals surface area contributed by atoms with Crippen LogP contribution in [0.4, 0.5) is 0 Å². The molecule has 2 aliphatic rings. The van der Waals surface area contributed by atoms with Gasteiger partial charge >= 0.3 is 0 Å². The third kappa shape index (κ3) is 4.44. The molecule has 5 nitrogen and oxygen atoms in total. The van der Waals surface area contributed by atoms with E-state index in [4.69, 9.17) is 0 Å². The molecule has 2 fully saturated rings. The molecular formula is C14H28N4O. The second-order valence-electron chi connectivity index (χ2n) is 5.96. The summed E-state index contributed by atoms with van der Waals surface area (Å²) in [6.07, 6.45) is 3.94. The molecule has 0 bridgehead atoms. The van der Waals surface area contributed by atoms with Crippen LogP contribution in [0.25, 0.3) is 0 Å². The van der Waals surface area contributed by atoms with Crippen LogP contribution in [-0.2, 0) is 4.79 Å². The molecule has 0 aliphatic carbocycles. The SMILES string of the molecule is CC1CNC(C(=O)NCC(C)N2CCCCC2)CN1. The molecule has 3 N–H and O–H groups in total. The van der Waals surface area contributed by atoms with Crippen molar-refractivity contribution >= 4 is 5.91 Å². The average molecular weight is 268 g/mol. The zero-order chi connectivity index (χ0) is 13.7. The van der Waals surface area contributed by atoms with Crippen molar-refractivity contribution in [1.82, 2.24) is 20.9 Å². The number of likely N-dealkylation sites (tertiary alicyclic amines) is 1. The molecule has 0 aromatic heterocycles. The standard InChI is InChI=1S/C14H28N4O/c1-11-8-16-13(10-15-11)14(19)17-9-12(2)18-6-4-3-5-7-18/h11-13,15-16H,3-10H2,1-2H3,(H,17,19). The van der Waals surface area contributed by atoms with Crippen LogP contribution in [0.2, 0.25) is 0 Å². The second kappa shape index (κ2) is 7.22. The van der Waals surface area contributed by atoms with E-state index < -0.39 is 0 Å². The zero-order valence-corrected chi connectivity index (χ0v) is 12.2. The van der Waals surface area contributed by atoms with Gasteiger partial charge in [0.2, 0.25) is 5.91 Å². The predicted octanol–water partition coefficient (Wildman–Crippen LogP) is -0.0731. The maximum atomic E-state index is 12.1. The molecule has 0 radical (unpaired) electrons. The van der Waals surface area contributed by atoms with Gasteiger partial charge in [-0.25, -0.2) is 0 Å². The van der Waals surface area contributed by atoms with Gasteiger partial charge in [0.1, 0.15) is 0 Å². The van der Waals surface area contributed by atoms with E-state index in [1.807, 2.05) is 0 Å². The molecule has 110 valence electrons. The van der Waals surface area contributed by atoms with Gasteiger partial charge in [-0.1, -0.05) is 6.42 Å². The fraction of sp³-hybridized carbons (Fsp3) is 0.929. The molecule has 1 amide bonds. The van der Waals surface area contributed by atoms with Crippen LogP contribution in [-0.4, -0.2) is 61.7 Å². The topological polar surface area (TPSA) is 56.4 Å². The van der Waals surface area contributed by atoms with E-state index >= 15 is 0 Å². The number of nitrogens with zero attached hydrogens (tertiary/aromatic N) is 1. The Labute approximate surface area is 116 Å². The average Bonchev–Trinajstić information content (AvgIpc) is 2.46. The highest BCUT2D eigenvalue weighted by Gasteiger charge is 2.24. The lowest BCUT2D eigenvalue weighted by Gasteiger charge is -2.33. The van der Waals surface area contributed by atoms with Gasteiger partial charge in [-0.15, -0.1) is 0 Å². The summed E-state index contributed by atoms with van der Waals surface area (Å²) in [6, 6.07) is 0.820. The van der Waals surface area contributed by atoms with E-state index in [2.05, 4.69) is 34.7 Å². The zero-order valence-electron chi connectivity index (χ0n) is 12.2. The highest BCUT2D eigenvalue weighted by molar-refractivity contribution is 5.82. The number of piperidine rings is 1. The Kier molecular flexibility index (Phi) is 5.60. The van der Waals surface area contributed by atoms with E-state index in [1.54, 1.807) is 0 Å². The Morgan fingerprint density at radius 2 is 2.00 bits per heavy atom. The van der Waals surface area contributed by atoms with Crippen LogP contribution in [0.3, 0.4) is 0 Å². The van der Waals surface area contributed by atoms with E-state index in [1.165, 1.54) is 32.4 Å². The van der Waals surface area contributed by atoms with E-state index in [-0.39, 0.29) is 11.9 Å². The molecule has 0 aromatic carbocycles. The van der Waals surface area contributed by atoms with E-state index in [0.29, 0.717) is 12.1 Å². The lowest BCUT2D eigenvalue weighted by atomic mass is 10.1. The largest absolute Gasteiger partial charge is 0.353 e. The van der Waals surface area contributed by atoms with Crippen molar-refractivity contribution in [3.05, 3.63) is 0 Å². The summed E-state index contributed by atoms with van der Waals surface area (Å²) in [7, 11) is 0. The fourth-order valence-corrected chi connectivity index (χ4v) is 2.83. The van der Waals surface area contributed by atoms with Gasteiger partial charge in [0.25, 0.3) is 0 Å². The maximum Gasteiger partial charge on any atom is 0.238 e. The quantitative estimate of drug-likeness (QED) is 0.668. The molecular weight excluding hydrogens is 240 g/mol. The van der Waals surface area contributed by atoms with Gasteiger partial charge in [0.05, 0.1) is 6.04 Å². The Hall–Kier alpha value is -0.650. The first kappa shape index (κ1) is 14.8. The molecule has 2 saturated heterocycles. The van der Waals surface area contributed by atoms with Crippen LogP contribution >= 0.6 is 0 Å². The first-order valence-corrected chi connectivity index (χ1v) is 7.65. The van der Waals surface area contributed by atoms with Gasteiger partial charge < -0.3 is 16.0 Å². The van der Waals surface area contributed by atoms with Gasteiger partial charge in [-0.3, -0.25) is 9.69 Å². The van der Waals surface area contributed by atoms with Gasteiger partial charge in [-0.05, 0) is 39.8 Å². The third-order valence-electron chi connectivity index (χ3n) is 4.24. The lowest BCUT2D eigenvalue weighted by molar-refractivity contribution is -0.123. The Bertz CT molecular complexity index is 283. The first-order chi connectivity index (χ1) is 9.16. The van der Waals surface area contributed by atoms with Crippen molar-refractivity contribution in [1.29, 1.82) is 0 Å². The Morgan fingerprint density at radius 3 is 2.63 bits per heavy atom. The fourth-order valence-electron chi connectivity index (χ4n) is 2.83. The molecule has 3 atom stereocenters. The summed E-state index contributed by atoms with van der Waals surface area (Å²) in [4.78, 5) is 14.5. The highest BCUT2D eigenvalue weighted by atomic mass is 16.2. The Morgan fingerprint density at radius 1 is 1.26 bits per heavy atom. The van der Waals surface area contributed by atoms with E-state index in [0.717, 1.165) is 19.6 Å². The molecule has 5 heteroatoms. The van der Waals surface area contributed by atoms with Crippen LogP contribution < -0.4 is 16.0 Å². The number of carbonyl (C=O) groups excluding carboxylic acids is 1. The minimum Gasteiger partial charge on any atom is -0.353 e. The molecule has 2 heterocycles. The summed E-state index contributed by atoms with van der Waals surface area (Å²) in [5, 5.41) is 9.70. The van der Waals surface area contributed by atoms with Crippen molar-refractivity contribution in [2.24, 2.45) is 0 Å². The van der Waals surface area contributed by atoms with Gasteiger partial charge in [-0.2, -0.15) is 0 Å². The summed E-state index contributed by atoms with van der Waals surface area (Å²) in [5.41, 5.74) is 0. The summed E-state index contributed by atoms with van der Waals surface area (Å²) >= 11 is 0. The second-order valence-corrected chi connectivity index (χ2v) is 5.96. The van der Waals surface area contributed by atoms with Crippen molar-refractivity contribution in [2.75, 3.05) is 32.7 Å². The number of rotatable bonds is 4. The molecule has 2 aliphatic heterocycles. The summed E-state index contributed by atoms with van der Waals surface area (Å²) in [6.45, 7) is 9.03. The minimum atomic E-state index is -0.0789. The lowest BCUT2D eigenvalue weighted by Crippen LogP contribution is -2.59. The molecule has 19 heavy (non-hydrogen) atoms. The number of nitrogens with one attached hydrogen (secondary N) is 3. The minimum absolute atomic E-state index is 0.0789. The van der Waals surface area contributed by atoms with Crippen LogP contribution in [0.1, 0.15) is 33.1 Å². The smallest absolute Gasteiger partial charge is 0.238 e. The predicted molar refractivity (Wildman–Crippen MR) is 77.2 cm³/mol. The monoisotopic (exact) mass is 268 g/mol. The van der Waals surface area contributed by atoms with Crippen LogP contribution in [0.15, 0.2) is 0 Å². The van der Waals surface area contributed by atoms with Crippen molar-refractivity contribution in [3.8, 4) is 0 Å². The van der Waals surface area contributed by atoms with E-state index in [9.17, 15) is 4.79 Å². The first-order valence-electron chi connectivity index (χ1n) is 7.65. The molecule has 3 unspecified atom stereocenters. The van der Waals surface area contributed by atoms with Crippen molar-refractivity contribution < 1.29 is 4.79 Å². The normalized spacial score (nSPS) is 30.8. The maximum absolute atomic E-state index is 12.1. The van der Waals surface area contributed by atoms with Gasteiger partial charge in [0.15, 0.2) is 0 Å². The summed E-state index contributed by atoms with van der Waals surface area (Å²) in [5.74, 6) is 0.128. The molecule has 0 saturated carbocycles. The number of piperazine rings is 1. The summed E-state index contributed by atoms with van der Waals surface area (Å²) < 4.78 is 0. The van der Waals surface area contributed by atoms with Crippen LogP contribution in [0.5, 0.6) is 0 Å². The molecule has 0 spiro atoms. The third-order valence-corrected chi connectivity index (χ3v) is 4.24. The highest BCUT2D eigenvalue weighted by Crippen LogP contribution is 2.11. The number of hydrogen-bond donors (Lipinski definition) is 3. The van der Waals surface area contributed by atoms with Crippen molar-refractivity contribution in [2.45, 2.75) is 51.2 Å². The van der Waals surface area contributed by atoms with Crippen molar-refractivity contribution in [3.63, 3.8) is 0 Å². The number of hydrogen-bond acceptors (Lipinski definition) is 4. The number of amides is 1. The van der Waals surface area contributed by atoms with Crippen LogP contribution in [0, 0.1) is 0 Å². The molecule has 2 rings (SSSR count). The number of carbonyl (C=O) groups is 1.